The minimum Gasteiger partial charge on any atom is -0.497 e. The van der Waals surface area contributed by atoms with Crippen LogP contribution in [0.2, 0.25) is 5.02 Å². The Hall–Kier alpha value is -2.04. The molecule has 0 aliphatic carbocycles. The fourth-order valence-electron chi connectivity index (χ4n) is 2.25. The number of likely N-dealkylation sites (N-methyl/N-ethyl adjacent to an activating group) is 1. The van der Waals surface area contributed by atoms with Crippen molar-refractivity contribution < 1.29 is 9.53 Å². The number of halogens is 1. The predicted octanol–water partition coefficient (Wildman–Crippen LogP) is 3.73. The zero-order valence-electron chi connectivity index (χ0n) is 13.6. The van der Waals surface area contributed by atoms with Gasteiger partial charge in [0.2, 0.25) is 5.91 Å². The lowest BCUT2D eigenvalue weighted by atomic mass is 10.2. The Morgan fingerprint density at radius 2 is 1.91 bits per heavy atom. The van der Waals surface area contributed by atoms with Gasteiger partial charge in [-0.2, -0.15) is 0 Å². The third-order valence-electron chi connectivity index (χ3n) is 3.42. The summed E-state index contributed by atoms with van der Waals surface area (Å²) >= 11 is 6.13. The summed E-state index contributed by atoms with van der Waals surface area (Å²) in [5, 5.41) is 3.39. The molecule has 0 aliphatic rings. The van der Waals surface area contributed by atoms with Gasteiger partial charge in [-0.05, 0) is 49.4 Å². The van der Waals surface area contributed by atoms with Crippen molar-refractivity contribution in [2.24, 2.45) is 0 Å². The highest BCUT2D eigenvalue weighted by Gasteiger charge is 2.09. The third-order valence-corrected chi connectivity index (χ3v) is 3.74. The fourth-order valence-corrected chi connectivity index (χ4v) is 2.54. The molecule has 1 N–H and O–H groups in total. The van der Waals surface area contributed by atoms with Crippen molar-refractivity contribution in [3.8, 4) is 5.75 Å². The molecule has 0 radical (unpaired) electrons. The molecule has 1 amide bonds. The monoisotopic (exact) mass is 332 g/mol. The Kier molecular flexibility index (Phi) is 6.02. The van der Waals surface area contributed by atoms with E-state index in [0.29, 0.717) is 17.3 Å². The molecule has 0 fully saturated rings. The Bertz CT molecular complexity index is 671. The molecule has 0 bridgehead atoms. The maximum absolute atomic E-state index is 12.1. The first kappa shape index (κ1) is 17.3. The van der Waals surface area contributed by atoms with E-state index >= 15 is 0 Å². The van der Waals surface area contributed by atoms with E-state index in [1.165, 1.54) is 0 Å². The summed E-state index contributed by atoms with van der Waals surface area (Å²) in [6, 6.07) is 13.4. The van der Waals surface area contributed by atoms with Crippen LogP contribution in [0.5, 0.6) is 5.75 Å². The van der Waals surface area contributed by atoms with Crippen molar-refractivity contribution in [1.82, 2.24) is 4.90 Å². The molecule has 0 saturated carbocycles. The van der Waals surface area contributed by atoms with Crippen LogP contribution in [0.1, 0.15) is 11.1 Å². The highest BCUT2D eigenvalue weighted by molar-refractivity contribution is 6.33. The number of nitrogens with zero attached hydrogens (tertiary/aromatic N) is 1. The summed E-state index contributed by atoms with van der Waals surface area (Å²) in [5.41, 5.74) is 2.82. The number of ether oxygens (including phenoxy) is 1. The van der Waals surface area contributed by atoms with Crippen LogP contribution < -0.4 is 10.1 Å². The Balaban J connectivity index is 1.88. The molecule has 0 atom stereocenters. The number of carbonyl (C=O) groups is 1. The molecule has 2 aromatic rings. The first-order valence-corrected chi connectivity index (χ1v) is 7.73. The number of hydrogen-bond acceptors (Lipinski definition) is 3. The normalized spacial score (nSPS) is 10.7. The van der Waals surface area contributed by atoms with Gasteiger partial charge in [-0.25, -0.2) is 0 Å². The lowest BCUT2D eigenvalue weighted by Crippen LogP contribution is -2.29. The number of nitrogens with one attached hydrogen (secondary N) is 1. The molecule has 0 spiro atoms. The number of anilines is 1. The lowest BCUT2D eigenvalue weighted by molar-refractivity contribution is -0.117. The maximum atomic E-state index is 12.1. The van der Waals surface area contributed by atoms with Gasteiger partial charge in [0.15, 0.2) is 0 Å². The summed E-state index contributed by atoms with van der Waals surface area (Å²) in [4.78, 5) is 14.1. The van der Waals surface area contributed by atoms with Gasteiger partial charge in [0, 0.05) is 6.54 Å². The third kappa shape index (κ3) is 5.27. The zero-order valence-corrected chi connectivity index (χ0v) is 14.4. The standard InChI is InChI=1S/C18H21ClN2O2/c1-13-4-9-17(16(19)10-13)20-18(22)12-21(2)11-14-5-7-15(23-3)8-6-14/h4-10H,11-12H2,1-3H3,(H,20,22). The maximum Gasteiger partial charge on any atom is 0.238 e. The summed E-state index contributed by atoms with van der Waals surface area (Å²) in [6.07, 6.45) is 0. The van der Waals surface area contributed by atoms with Crippen molar-refractivity contribution in [3.05, 3.63) is 58.6 Å². The number of carbonyl (C=O) groups excluding carboxylic acids is 1. The second kappa shape index (κ2) is 7.99. The van der Waals surface area contributed by atoms with Crippen LogP contribution in [0.4, 0.5) is 5.69 Å². The average molecular weight is 333 g/mol. The van der Waals surface area contributed by atoms with Crippen molar-refractivity contribution in [3.63, 3.8) is 0 Å². The number of hydrogen-bond donors (Lipinski definition) is 1. The Morgan fingerprint density at radius 3 is 2.52 bits per heavy atom. The van der Waals surface area contributed by atoms with E-state index in [2.05, 4.69) is 5.32 Å². The summed E-state index contributed by atoms with van der Waals surface area (Å²) in [7, 11) is 3.54. The lowest BCUT2D eigenvalue weighted by Gasteiger charge is -2.17. The quantitative estimate of drug-likeness (QED) is 0.876. The average Bonchev–Trinajstić information content (AvgIpc) is 2.50. The highest BCUT2D eigenvalue weighted by Crippen LogP contribution is 2.22. The van der Waals surface area contributed by atoms with Crippen molar-refractivity contribution in [2.45, 2.75) is 13.5 Å². The van der Waals surface area contributed by atoms with Gasteiger partial charge in [0.1, 0.15) is 5.75 Å². The molecule has 2 rings (SSSR count). The topological polar surface area (TPSA) is 41.6 Å². The van der Waals surface area contributed by atoms with Crippen molar-refractivity contribution in [1.29, 1.82) is 0 Å². The van der Waals surface area contributed by atoms with Gasteiger partial charge in [0.25, 0.3) is 0 Å². The highest BCUT2D eigenvalue weighted by atomic mass is 35.5. The first-order valence-electron chi connectivity index (χ1n) is 7.35. The van der Waals surface area contributed by atoms with Gasteiger partial charge < -0.3 is 10.1 Å². The van der Waals surface area contributed by atoms with E-state index in [1.807, 2.05) is 61.3 Å². The minimum absolute atomic E-state index is 0.0910. The van der Waals surface area contributed by atoms with Crippen LogP contribution in [0, 0.1) is 6.92 Å². The van der Waals surface area contributed by atoms with Crippen LogP contribution in [0.25, 0.3) is 0 Å². The molecule has 23 heavy (non-hydrogen) atoms. The molecule has 0 aliphatic heterocycles. The predicted molar refractivity (Wildman–Crippen MR) is 94.1 cm³/mol. The summed E-state index contributed by atoms with van der Waals surface area (Å²) in [6.45, 7) is 2.93. The van der Waals surface area contributed by atoms with Crippen LogP contribution in [0.15, 0.2) is 42.5 Å². The summed E-state index contributed by atoms with van der Waals surface area (Å²) in [5.74, 6) is 0.731. The van der Waals surface area contributed by atoms with E-state index in [1.54, 1.807) is 7.11 Å². The van der Waals surface area contributed by atoms with Crippen LogP contribution in [-0.2, 0) is 11.3 Å². The smallest absolute Gasteiger partial charge is 0.238 e. The molecule has 0 aromatic heterocycles. The number of methoxy groups -OCH3 is 1. The Morgan fingerprint density at radius 1 is 1.22 bits per heavy atom. The molecular formula is C18H21ClN2O2. The number of benzene rings is 2. The second-order valence-corrected chi connectivity index (χ2v) is 5.96. The number of rotatable bonds is 6. The van der Waals surface area contributed by atoms with E-state index in [0.717, 1.165) is 16.9 Å². The molecule has 122 valence electrons. The van der Waals surface area contributed by atoms with Crippen LogP contribution in [0.3, 0.4) is 0 Å². The SMILES string of the molecule is COc1ccc(CN(C)CC(=O)Nc2ccc(C)cc2Cl)cc1. The molecule has 0 unspecified atom stereocenters. The first-order chi connectivity index (χ1) is 11.0. The van der Waals surface area contributed by atoms with Gasteiger partial charge in [-0.15, -0.1) is 0 Å². The zero-order chi connectivity index (χ0) is 16.8. The summed E-state index contributed by atoms with van der Waals surface area (Å²) < 4.78 is 5.13. The largest absolute Gasteiger partial charge is 0.497 e. The van der Waals surface area contributed by atoms with E-state index in [-0.39, 0.29) is 12.5 Å². The van der Waals surface area contributed by atoms with Crippen LogP contribution in [-0.4, -0.2) is 31.5 Å². The fraction of sp³-hybridized carbons (Fsp3) is 0.278. The molecule has 2 aromatic carbocycles. The van der Waals surface area contributed by atoms with E-state index in [4.69, 9.17) is 16.3 Å². The van der Waals surface area contributed by atoms with Crippen LogP contribution >= 0.6 is 11.6 Å². The van der Waals surface area contributed by atoms with Gasteiger partial charge >= 0.3 is 0 Å². The van der Waals surface area contributed by atoms with E-state index < -0.39 is 0 Å². The van der Waals surface area contributed by atoms with Crippen molar-refractivity contribution >= 4 is 23.2 Å². The second-order valence-electron chi connectivity index (χ2n) is 5.55. The molecular weight excluding hydrogens is 312 g/mol. The van der Waals surface area contributed by atoms with Gasteiger partial charge in [-0.3, -0.25) is 9.69 Å². The molecule has 4 nitrogen and oxygen atoms in total. The van der Waals surface area contributed by atoms with Gasteiger partial charge in [-0.1, -0.05) is 29.8 Å². The van der Waals surface area contributed by atoms with E-state index in [9.17, 15) is 4.79 Å². The molecule has 0 saturated heterocycles. The number of amides is 1. The van der Waals surface area contributed by atoms with Crippen molar-refractivity contribution in [2.75, 3.05) is 26.0 Å². The van der Waals surface area contributed by atoms with Gasteiger partial charge in [0.05, 0.1) is 24.4 Å². The Labute approximate surface area is 142 Å². The number of aryl methyl sites for hydroxylation is 1. The molecule has 5 heteroatoms. The minimum atomic E-state index is -0.0910. The molecule has 0 heterocycles.